The highest BCUT2D eigenvalue weighted by atomic mass is 19.1. The van der Waals surface area contributed by atoms with Crippen LogP contribution in [0.2, 0.25) is 0 Å². The van der Waals surface area contributed by atoms with Gasteiger partial charge in [0.1, 0.15) is 11.3 Å². The summed E-state index contributed by atoms with van der Waals surface area (Å²) in [5.74, 6) is 0.311. The standard InChI is InChI=1S/C15H13FN2O/c16-11-5-6-14-13(9-11)18-15(19-14)7-4-10-2-1-3-12(17)8-10/h1-3,5-6,8-9H,4,7,17H2. The van der Waals surface area contributed by atoms with E-state index in [1.807, 2.05) is 24.3 Å². The molecule has 0 fully saturated rings. The van der Waals surface area contributed by atoms with E-state index in [1.54, 1.807) is 6.07 Å². The number of halogens is 1. The Balaban J connectivity index is 1.78. The first-order valence-electron chi connectivity index (χ1n) is 6.10. The number of oxazole rings is 1. The molecule has 0 spiro atoms. The van der Waals surface area contributed by atoms with Crippen molar-refractivity contribution in [1.82, 2.24) is 4.98 Å². The molecule has 0 amide bonds. The third-order valence-electron chi connectivity index (χ3n) is 2.97. The number of nitrogen functional groups attached to an aromatic ring is 1. The summed E-state index contributed by atoms with van der Waals surface area (Å²) >= 11 is 0. The SMILES string of the molecule is Nc1cccc(CCc2nc3cc(F)ccc3o2)c1. The van der Waals surface area contributed by atoms with Crippen molar-refractivity contribution in [1.29, 1.82) is 0 Å². The number of benzene rings is 2. The third kappa shape index (κ3) is 2.57. The van der Waals surface area contributed by atoms with Gasteiger partial charge in [-0.05, 0) is 36.2 Å². The lowest BCUT2D eigenvalue weighted by molar-refractivity contribution is 0.528. The largest absolute Gasteiger partial charge is 0.441 e. The average molecular weight is 256 g/mol. The Morgan fingerprint density at radius 3 is 2.84 bits per heavy atom. The highest BCUT2D eigenvalue weighted by Gasteiger charge is 2.07. The lowest BCUT2D eigenvalue weighted by Gasteiger charge is -1.99. The average Bonchev–Trinajstić information content (AvgIpc) is 2.78. The summed E-state index contributed by atoms with van der Waals surface area (Å²) in [6.07, 6.45) is 1.46. The van der Waals surface area contributed by atoms with E-state index in [0.717, 1.165) is 17.7 Å². The van der Waals surface area contributed by atoms with Crippen LogP contribution in [0.1, 0.15) is 11.5 Å². The van der Waals surface area contributed by atoms with Gasteiger partial charge in [-0.2, -0.15) is 0 Å². The van der Waals surface area contributed by atoms with Crippen LogP contribution in [0.25, 0.3) is 11.1 Å². The molecule has 0 bridgehead atoms. The molecule has 2 N–H and O–H groups in total. The number of nitrogens with two attached hydrogens (primary N) is 1. The molecule has 19 heavy (non-hydrogen) atoms. The summed E-state index contributed by atoms with van der Waals surface area (Å²) in [5.41, 5.74) is 8.78. The molecule has 4 heteroatoms. The summed E-state index contributed by atoms with van der Waals surface area (Å²) in [4.78, 5) is 4.27. The van der Waals surface area contributed by atoms with Crippen molar-refractivity contribution in [3.05, 3.63) is 59.7 Å². The summed E-state index contributed by atoms with van der Waals surface area (Å²) in [6, 6.07) is 12.1. The Hall–Kier alpha value is -2.36. The molecule has 0 saturated carbocycles. The second kappa shape index (κ2) is 4.72. The first kappa shape index (κ1) is 11.7. The van der Waals surface area contributed by atoms with E-state index in [4.69, 9.17) is 10.2 Å². The van der Waals surface area contributed by atoms with Crippen LogP contribution < -0.4 is 5.73 Å². The molecule has 96 valence electrons. The maximum Gasteiger partial charge on any atom is 0.195 e. The van der Waals surface area contributed by atoms with Crippen LogP contribution in [0.15, 0.2) is 46.9 Å². The van der Waals surface area contributed by atoms with Gasteiger partial charge in [-0.1, -0.05) is 12.1 Å². The molecule has 0 aliphatic carbocycles. The van der Waals surface area contributed by atoms with Crippen LogP contribution in [0.5, 0.6) is 0 Å². The lowest BCUT2D eigenvalue weighted by atomic mass is 10.1. The van der Waals surface area contributed by atoms with Gasteiger partial charge in [0.15, 0.2) is 11.5 Å². The molecule has 0 saturated heterocycles. The first-order valence-corrected chi connectivity index (χ1v) is 6.10. The number of hydrogen-bond acceptors (Lipinski definition) is 3. The molecular weight excluding hydrogens is 243 g/mol. The van der Waals surface area contributed by atoms with Gasteiger partial charge in [0, 0.05) is 18.2 Å². The van der Waals surface area contributed by atoms with E-state index in [-0.39, 0.29) is 5.82 Å². The minimum atomic E-state index is -0.303. The predicted molar refractivity (Wildman–Crippen MR) is 72.2 cm³/mol. The molecule has 0 aliphatic rings. The molecule has 2 aromatic carbocycles. The summed E-state index contributed by atoms with van der Waals surface area (Å²) < 4.78 is 18.6. The third-order valence-corrected chi connectivity index (χ3v) is 2.97. The molecule has 0 radical (unpaired) electrons. The zero-order chi connectivity index (χ0) is 13.2. The van der Waals surface area contributed by atoms with Gasteiger partial charge in [0.2, 0.25) is 0 Å². The summed E-state index contributed by atoms with van der Waals surface area (Å²) in [6.45, 7) is 0. The van der Waals surface area contributed by atoms with Crippen molar-refractivity contribution in [3.63, 3.8) is 0 Å². The molecule has 1 aromatic heterocycles. The maximum atomic E-state index is 13.0. The Kier molecular flexibility index (Phi) is 2.91. The Morgan fingerprint density at radius 2 is 2.00 bits per heavy atom. The Labute approximate surface area is 109 Å². The molecule has 0 atom stereocenters. The minimum absolute atomic E-state index is 0.303. The molecule has 0 aliphatic heterocycles. The quantitative estimate of drug-likeness (QED) is 0.731. The number of rotatable bonds is 3. The highest BCUT2D eigenvalue weighted by Crippen LogP contribution is 2.18. The van der Waals surface area contributed by atoms with Crippen LogP contribution in [0, 0.1) is 5.82 Å². The van der Waals surface area contributed by atoms with Gasteiger partial charge in [0.25, 0.3) is 0 Å². The van der Waals surface area contributed by atoms with Gasteiger partial charge in [-0.25, -0.2) is 9.37 Å². The number of anilines is 1. The van der Waals surface area contributed by atoms with E-state index >= 15 is 0 Å². The van der Waals surface area contributed by atoms with Crippen molar-refractivity contribution in [2.75, 3.05) is 5.73 Å². The second-order valence-electron chi connectivity index (χ2n) is 4.46. The van der Waals surface area contributed by atoms with E-state index in [0.29, 0.717) is 23.4 Å². The van der Waals surface area contributed by atoms with Crippen molar-refractivity contribution in [2.24, 2.45) is 0 Å². The number of aromatic nitrogens is 1. The molecular formula is C15H13FN2O. The van der Waals surface area contributed by atoms with Gasteiger partial charge < -0.3 is 10.2 Å². The van der Waals surface area contributed by atoms with Crippen molar-refractivity contribution >= 4 is 16.8 Å². The van der Waals surface area contributed by atoms with Crippen LogP contribution in [0.4, 0.5) is 10.1 Å². The molecule has 3 rings (SSSR count). The maximum absolute atomic E-state index is 13.0. The predicted octanol–water partition coefficient (Wildman–Crippen LogP) is 3.33. The van der Waals surface area contributed by atoms with E-state index < -0.39 is 0 Å². The topological polar surface area (TPSA) is 52.0 Å². The van der Waals surface area contributed by atoms with Crippen molar-refractivity contribution in [3.8, 4) is 0 Å². The fraction of sp³-hybridized carbons (Fsp3) is 0.133. The smallest absolute Gasteiger partial charge is 0.195 e. The summed E-state index contributed by atoms with van der Waals surface area (Å²) in [7, 11) is 0. The van der Waals surface area contributed by atoms with Crippen LogP contribution in [-0.4, -0.2) is 4.98 Å². The number of hydrogen-bond donors (Lipinski definition) is 1. The lowest BCUT2D eigenvalue weighted by Crippen LogP contribution is -1.93. The fourth-order valence-electron chi connectivity index (χ4n) is 2.06. The van der Waals surface area contributed by atoms with Gasteiger partial charge in [-0.15, -0.1) is 0 Å². The number of fused-ring (bicyclic) bond motifs is 1. The molecule has 1 heterocycles. The first-order chi connectivity index (χ1) is 9.20. The highest BCUT2D eigenvalue weighted by molar-refractivity contribution is 5.72. The van der Waals surface area contributed by atoms with E-state index in [9.17, 15) is 4.39 Å². The minimum Gasteiger partial charge on any atom is -0.441 e. The second-order valence-corrected chi connectivity index (χ2v) is 4.46. The van der Waals surface area contributed by atoms with Crippen LogP contribution in [-0.2, 0) is 12.8 Å². The summed E-state index contributed by atoms with van der Waals surface area (Å²) in [5, 5.41) is 0. The van der Waals surface area contributed by atoms with E-state index in [2.05, 4.69) is 4.98 Å². The Morgan fingerprint density at radius 1 is 1.11 bits per heavy atom. The van der Waals surface area contributed by atoms with E-state index in [1.165, 1.54) is 12.1 Å². The zero-order valence-electron chi connectivity index (χ0n) is 10.3. The van der Waals surface area contributed by atoms with Crippen molar-refractivity contribution < 1.29 is 8.81 Å². The van der Waals surface area contributed by atoms with Gasteiger partial charge >= 0.3 is 0 Å². The van der Waals surface area contributed by atoms with Crippen molar-refractivity contribution in [2.45, 2.75) is 12.8 Å². The number of nitrogens with zero attached hydrogens (tertiary/aromatic N) is 1. The van der Waals surface area contributed by atoms with Crippen LogP contribution in [0.3, 0.4) is 0 Å². The monoisotopic (exact) mass is 256 g/mol. The fourth-order valence-corrected chi connectivity index (χ4v) is 2.06. The van der Waals surface area contributed by atoms with Gasteiger partial charge in [0.05, 0.1) is 0 Å². The van der Waals surface area contributed by atoms with Crippen LogP contribution >= 0.6 is 0 Å². The Bertz CT molecular complexity index is 721. The number of aryl methyl sites for hydroxylation is 2. The molecule has 0 unspecified atom stereocenters. The van der Waals surface area contributed by atoms with Gasteiger partial charge in [-0.3, -0.25) is 0 Å². The normalized spacial score (nSPS) is 11.0. The molecule has 3 nitrogen and oxygen atoms in total. The zero-order valence-corrected chi connectivity index (χ0v) is 10.3. The molecule has 3 aromatic rings.